The van der Waals surface area contributed by atoms with E-state index in [-0.39, 0.29) is 6.10 Å². The lowest BCUT2D eigenvalue weighted by molar-refractivity contribution is 0.183. The molecule has 0 saturated heterocycles. The molecular weight excluding hydrogens is 178 g/mol. The Morgan fingerprint density at radius 1 is 1.64 bits per heavy atom. The van der Waals surface area contributed by atoms with E-state index in [2.05, 4.69) is 10.3 Å². The van der Waals surface area contributed by atoms with Crippen LogP contribution in [-0.4, -0.2) is 22.7 Å². The molecule has 1 atom stereocenters. The van der Waals surface area contributed by atoms with Crippen molar-refractivity contribution < 1.29 is 5.11 Å². The number of rotatable bonds is 4. The van der Waals surface area contributed by atoms with Gasteiger partial charge in [-0.3, -0.25) is 0 Å². The molecule has 4 N–H and O–H groups in total. The molecule has 0 saturated carbocycles. The Hall–Kier alpha value is -1.29. The highest BCUT2D eigenvalue weighted by Gasteiger charge is 2.03. The van der Waals surface area contributed by atoms with Gasteiger partial charge in [0.2, 0.25) is 0 Å². The average molecular weight is 195 g/mol. The van der Waals surface area contributed by atoms with Crippen molar-refractivity contribution >= 4 is 11.5 Å². The van der Waals surface area contributed by atoms with Gasteiger partial charge in [-0.25, -0.2) is 4.98 Å². The number of nitrogen functional groups attached to an aromatic ring is 1. The molecule has 1 rings (SSSR count). The summed E-state index contributed by atoms with van der Waals surface area (Å²) in [6.45, 7) is 4.35. The van der Waals surface area contributed by atoms with Gasteiger partial charge in [-0.2, -0.15) is 0 Å². The zero-order valence-electron chi connectivity index (χ0n) is 8.62. The molecule has 4 nitrogen and oxygen atoms in total. The zero-order valence-corrected chi connectivity index (χ0v) is 8.62. The Morgan fingerprint density at radius 3 is 2.93 bits per heavy atom. The van der Waals surface area contributed by atoms with Crippen molar-refractivity contribution in [1.29, 1.82) is 0 Å². The van der Waals surface area contributed by atoms with Gasteiger partial charge in [-0.15, -0.1) is 0 Å². The molecule has 0 radical (unpaired) electrons. The summed E-state index contributed by atoms with van der Waals surface area (Å²) >= 11 is 0. The predicted octanol–water partition coefficient (Wildman–Crippen LogP) is 1.16. The number of anilines is 2. The summed E-state index contributed by atoms with van der Waals surface area (Å²) in [5.41, 5.74) is 7.39. The first-order valence-electron chi connectivity index (χ1n) is 4.77. The summed E-state index contributed by atoms with van der Waals surface area (Å²) in [6.07, 6.45) is 2.12. The van der Waals surface area contributed by atoms with Gasteiger partial charge in [-0.1, -0.05) is 6.92 Å². The van der Waals surface area contributed by atoms with Gasteiger partial charge in [0.05, 0.1) is 11.8 Å². The first-order chi connectivity index (χ1) is 6.63. The van der Waals surface area contributed by atoms with E-state index in [1.165, 1.54) is 0 Å². The summed E-state index contributed by atoms with van der Waals surface area (Å²) in [5.74, 6) is 0.642. The molecule has 4 heteroatoms. The molecule has 14 heavy (non-hydrogen) atoms. The van der Waals surface area contributed by atoms with Crippen LogP contribution in [0, 0.1) is 6.92 Å². The van der Waals surface area contributed by atoms with Crippen LogP contribution in [0.5, 0.6) is 0 Å². The molecule has 1 unspecified atom stereocenters. The lowest BCUT2D eigenvalue weighted by Crippen LogP contribution is -2.19. The Balaban J connectivity index is 2.59. The number of hydrogen-bond acceptors (Lipinski definition) is 4. The van der Waals surface area contributed by atoms with Gasteiger partial charge in [0.25, 0.3) is 0 Å². The van der Waals surface area contributed by atoms with E-state index >= 15 is 0 Å². The minimum absolute atomic E-state index is 0.350. The summed E-state index contributed by atoms with van der Waals surface area (Å²) in [6, 6.07) is 1.85. The molecule has 0 aliphatic heterocycles. The molecule has 0 amide bonds. The number of nitrogens with one attached hydrogen (secondary N) is 1. The standard InChI is InChI=1S/C10H17N3O/c1-3-8(14)6-13-10-9(11)4-7(2)5-12-10/h4-5,8,14H,3,6,11H2,1-2H3,(H,12,13). The molecule has 78 valence electrons. The molecule has 1 aromatic heterocycles. The quantitative estimate of drug-likeness (QED) is 0.674. The highest BCUT2D eigenvalue weighted by molar-refractivity contribution is 5.61. The van der Waals surface area contributed by atoms with E-state index < -0.39 is 0 Å². The van der Waals surface area contributed by atoms with Crippen LogP contribution in [0.25, 0.3) is 0 Å². The third kappa shape index (κ3) is 2.88. The van der Waals surface area contributed by atoms with Gasteiger partial charge in [-0.05, 0) is 25.0 Å². The van der Waals surface area contributed by atoms with Crippen molar-refractivity contribution in [3.63, 3.8) is 0 Å². The minimum Gasteiger partial charge on any atom is -0.396 e. The van der Waals surface area contributed by atoms with Crippen LogP contribution in [-0.2, 0) is 0 Å². The van der Waals surface area contributed by atoms with E-state index in [1.807, 2.05) is 19.9 Å². The van der Waals surface area contributed by atoms with Crippen molar-refractivity contribution in [2.24, 2.45) is 0 Å². The second-order valence-corrected chi connectivity index (χ2v) is 3.39. The Bertz CT molecular complexity index is 301. The number of nitrogens with two attached hydrogens (primary N) is 1. The first kappa shape index (κ1) is 10.8. The highest BCUT2D eigenvalue weighted by atomic mass is 16.3. The number of aliphatic hydroxyl groups is 1. The first-order valence-corrected chi connectivity index (χ1v) is 4.77. The molecule has 0 fully saturated rings. The van der Waals surface area contributed by atoms with E-state index in [1.54, 1.807) is 6.20 Å². The second kappa shape index (κ2) is 4.81. The molecule has 0 bridgehead atoms. The van der Waals surface area contributed by atoms with Gasteiger partial charge >= 0.3 is 0 Å². The highest BCUT2D eigenvalue weighted by Crippen LogP contribution is 2.15. The van der Waals surface area contributed by atoms with Crippen molar-refractivity contribution in [2.45, 2.75) is 26.4 Å². The third-order valence-corrected chi connectivity index (χ3v) is 2.03. The Morgan fingerprint density at radius 2 is 2.36 bits per heavy atom. The van der Waals surface area contributed by atoms with Crippen LogP contribution in [0.4, 0.5) is 11.5 Å². The maximum absolute atomic E-state index is 9.33. The topological polar surface area (TPSA) is 71.2 Å². The van der Waals surface area contributed by atoms with Gasteiger partial charge in [0, 0.05) is 12.7 Å². The van der Waals surface area contributed by atoms with Crippen LogP contribution < -0.4 is 11.1 Å². The number of aromatic nitrogens is 1. The van der Waals surface area contributed by atoms with Gasteiger partial charge < -0.3 is 16.2 Å². The minimum atomic E-state index is -0.350. The third-order valence-electron chi connectivity index (χ3n) is 2.03. The fourth-order valence-electron chi connectivity index (χ4n) is 1.10. The van der Waals surface area contributed by atoms with Gasteiger partial charge in [0.15, 0.2) is 0 Å². The monoisotopic (exact) mass is 195 g/mol. The molecule has 0 aromatic carbocycles. The number of aryl methyl sites for hydroxylation is 1. The summed E-state index contributed by atoms with van der Waals surface area (Å²) in [4.78, 5) is 4.14. The van der Waals surface area contributed by atoms with E-state index in [0.29, 0.717) is 18.1 Å². The largest absolute Gasteiger partial charge is 0.396 e. The SMILES string of the molecule is CCC(O)CNc1ncc(C)cc1N. The summed E-state index contributed by atoms with van der Waals surface area (Å²) in [7, 11) is 0. The fraction of sp³-hybridized carbons (Fsp3) is 0.500. The van der Waals surface area contributed by atoms with Crippen LogP contribution in [0.3, 0.4) is 0 Å². The summed E-state index contributed by atoms with van der Waals surface area (Å²) < 4.78 is 0. The van der Waals surface area contributed by atoms with Crippen molar-refractivity contribution in [2.75, 3.05) is 17.6 Å². The number of hydrogen-bond donors (Lipinski definition) is 3. The fourth-order valence-corrected chi connectivity index (χ4v) is 1.10. The van der Waals surface area contributed by atoms with Crippen molar-refractivity contribution in [1.82, 2.24) is 4.98 Å². The average Bonchev–Trinajstić information content (AvgIpc) is 2.16. The molecule has 0 aliphatic carbocycles. The lowest BCUT2D eigenvalue weighted by atomic mass is 10.2. The molecule has 0 aliphatic rings. The zero-order chi connectivity index (χ0) is 10.6. The van der Waals surface area contributed by atoms with E-state index in [9.17, 15) is 5.11 Å². The maximum atomic E-state index is 9.33. The summed E-state index contributed by atoms with van der Waals surface area (Å²) in [5, 5.41) is 12.3. The molecule has 0 spiro atoms. The normalized spacial score (nSPS) is 12.5. The number of nitrogens with zero attached hydrogens (tertiary/aromatic N) is 1. The smallest absolute Gasteiger partial charge is 0.149 e. The van der Waals surface area contributed by atoms with Crippen molar-refractivity contribution in [3.8, 4) is 0 Å². The van der Waals surface area contributed by atoms with Gasteiger partial charge in [0.1, 0.15) is 5.82 Å². The molecular formula is C10H17N3O. The van der Waals surface area contributed by atoms with E-state index in [0.717, 1.165) is 12.0 Å². The van der Waals surface area contributed by atoms with Crippen LogP contribution >= 0.6 is 0 Å². The van der Waals surface area contributed by atoms with Crippen molar-refractivity contribution in [3.05, 3.63) is 17.8 Å². The molecule has 1 heterocycles. The molecule has 1 aromatic rings. The number of pyridine rings is 1. The Kier molecular flexibility index (Phi) is 3.71. The maximum Gasteiger partial charge on any atom is 0.149 e. The predicted molar refractivity (Wildman–Crippen MR) is 58.2 cm³/mol. The van der Waals surface area contributed by atoms with Crippen LogP contribution in [0.2, 0.25) is 0 Å². The second-order valence-electron chi connectivity index (χ2n) is 3.39. The van der Waals surface area contributed by atoms with E-state index in [4.69, 9.17) is 5.73 Å². The van der Waals surface area contributed by atoms with Crippen LogP contribution in [0.15, 0.2) is 12.3 Å². The Labute approximate surface area is 84.2 Å². The number of aliphatic hydroxyl groups excluding tert-OH is 1. The van der Waals surface area contributed by atoms with Crippen LogP contribution in [0.1, 0.15) is 18.9 Å². The lowest BCUT2D eigenvalue weighted by Gasteiger charge is -2.11.